The maximum absolute atomic E-state index is 4.33. The van der Waals surface area contributed by atoms with E-state index in [-0.39, 0.29) is 0 Å². The van der Waals surface area contributed by atoms with Crippen molar-refractivity contribution < 1.29 is 0 Å². The summed E-state index contributed by atoms with van der Waals surface area (Å²) in [7, 11) is 0. The Bertz CT molecular complexity index is 886. The zero-order valence-corrected chi connectivity index (χ0v) is 17.2. The Kier molecular flexibility index (Phi) is 6.08. The predicted octanol–water partition coefficient (Wildman–Crippen LogP) is 4.61. The molecule has 0 amide bonds. The molecule has 1 aliphatic rings. The average molecular weight is 377 g/mol. The molecule has 1 atom stereocenters. The van der Waals surface area contributed by atoms with Crippen LogP contribution >= 0.6 is 0 Å². The summed E-state index contributed by atoms with van der Waals surface area (Å²) in [5, 5.41) is 1.37. The van der Waals surface area contributed by atoms with Crippen LogP contribution in [0.1, 0.15) is 43.4 Å². The maximum atomic E-state index is 4.33. The summed E-state index contributed by atoms with van der Waals surface area (Å²) < 4.78 is 0. The molecule has 0 spiro atoms. The second-order valence-electron chi connectivity index (χ2n) is 7.96. The number of nitrogens with zero attached hydrogens (tertiary/aromatic N) is 3. The molecule has 2 aromatic heterocycles. The minimum atomic E-state index is 0.665. The number of rotatable bonds is 8. The summed E-state index contributed by atoms with van der Waals surface area (Å²) >= 11 is 0. The zero-order chi connectivity index (χ0) is 19.3. The number of nitrogens with one attached hydrogen (secondary N) is 1. The molecule has 0 radical (unpaired) electrons. The second-order valence-corrected chi connectivity index (χ2v) is 7.96. The highest BCUT2D eigenvalue weighted by atomic mass is 15.2. The van der Waals surface area contributed by atoms with E-state index in [9.17, 15) is 0 Å². The summed E-state index contributed by atoms with van der Waals surface area (Å²) in [6.07, 6.45) is 9.77. The standard InChI is InChI=1S/C24H32N4/c1-3-20-9-5-11-23-21(15-26-24(20)23)17-27(16-19-8-6-12-25-14-19)18-22-10-7-13-28(22)4-2/h5-6,8-9,11-12,14-15,22,26H,3-4,7,10,13,16-18H2,1-2H3/t22-/m0/s1. The van der Waals surface area contributed by atoms with Crippen molar-refractivity contribution in [3.8, 4) is 0 Å². The van der Waals surface area contributed by atoms with Gasteiger partial charge in [-0.2, -0.15) is 0 Å². The molecule has 3 heterocycles. The van der Waals surface area contributed by atoms with E-state index in [1.54, 1.807) is 0 Å². The fourth-order valence-electron chi connectivity index (χ4n) is 4.69. The number of H-pyrrole nitrogens is 1. The van der Waals surface area contributed by atoms with Gasteiger partial charge in [-0.1, -0.05) is 38.1 Å². The number of benzene rings is 1. The smallest absolute Gasteiger partial charge is 0.0489 e. The SMILES string of the molecule is CCc1cccc2c(CN(Cc3cccnc3)C[C@@H]3CCCN3CC)c[nH]c12. The number of hydrogen-bond donors (Lipinski definition) is 1. The molecule has 0 bridgehead atoms. The first kappa shape index (κ1) is 19.2. The summed E-state index contributed by atoms with van der Waals surface area (Å²) in [4.78, 5) is 13.1. The Labute approximate surface area is 168 Å². The van der Waals surface area contributed by atoms with Gasteiger partial charge >= 0.3 is 0 Å². The van der Waals surface area contributed by atoms with Crippen LogP contribution in [-0.2, 0) is 19.5 Å². The fraction of sp³-hybridized carbons (Fsp3) is 0.458. The molecule has 1 aromatic carbocycles. The van der Waals surface area contributed by atoms with Gasteiger partial charge in [0.15, 0.2) is 0 Å². The second kappa shape index (κ2) is 8.89. The highest BCUT2D eigenvalue weighted by Gasteiger charge is 2.25. The van der Waals surface area contributed by atoms with Gasteiger partial charge < -0.3 is 4.98 Å². The van der Waals surface area contributed by atoms with Crippen LogP contribution in [0.2, 0.25) is 0 Å². The molecule has 0 unspecified atom stereocenters. The van der Waals surface area contributed by atoms with E-state index in [0.717, 1.165) is 32.6 Å². The summed E-state index contributed by atoms with van der Waals surface area (Å²) in [5.41, 5.74) is 5.39. The van der Waals surface area contributed by atoms with Gasteiger partial charge in [0, 0.05) is 55.2 Å². The molecule has 0 aliphatic carbocycles. The van der Waals surface area contributed by atoms with Gasteiger partial charge in [0.05, 0.1) is 0 Å². The Hall–Kier alpha value is -2.17. The number of para-hydroxylation sites is 1. The molecule has 28 heavy (non-hydrogen) atoms. The number of aromatic amines is 1. The van der Waals surface area contributed by atoms with Crippen LogP contribution in [0.25, 0.3) is 10.9 Å². The topological polar surface area (TPSA) is 35.2 Å². The van der Waals surface area contributed by atoms with Crippen LogP contribution < -0.4 is 0 Å². The molecule has 148 valence electrons. The molecule has 1 fully saturated rings. The molecular weight excluding hydrogens is 344 g/mol. The van der Waals surface area contributed by atoms with Gasteiger partial charge in [0.1, 0.15) is 0 Å². The highest BCUT2D eigenvalue weighted by Crippen LogP contribution is 2.25. The lowest BCUT2D eigenvalue weighted by atomic mass is 10.1. The van der Waals surface area contributed by atoms with Gasteiger partial charge in [-0.25, -0.2) is 0 Å². The van der Waals surface area contributed by atoms with E-state index in [2.05, 4.69) is 64.1 Å². The Morgan fingerprint density at radius 3 is 2.86 bits per heavy atom. The van der Waals surface area contributed by atoms with Crippen molar-refractivity contribution in [2.24, 2.45) is 0 Å². The Morgan fingerprint density at radius 1 is 1.14 bits per heavy atom. The quantitative estimate of drug-likeness (QED) is 0.623. The lowest BCUT2D eigenvalue weighted by molar-refractivity contribution is 0.166. The van der Waals surface area contributed by atoms with E-state index >= 15 is 0 Å². The van der Waals surface area contributed by atoms with Gasteiger partial charge in [0.2, 0.25) is 0 Å². The summed E-state index contributed by atoms with van der Waals surface area (Å²) in [6, 6.07) is 11.6. The third-order valence-electron chi connectivity index (χ3n) is 6.17. The van der Waals surface area contributed by atoms with Crippen molar-refractivity contribution in [3.63, 3.8) is 0 Å². The molecule has 4 nitrogen and oxygen atoms in total. The third kappa shape index (κ3) is 4.13. The molecular formula is C24H32N4. The predicted molar refractivity (Wildman–Crippen MR) is 116 cm³/mol. The number of pyridine rings is 1. The van der Waals surface area contributed by atoms with Crippen LogP contribution in [0.5, 0.6) is 0 Å². The fourth-order valence-corrected chi connectivity index (χ4v) is 4.69. The normalized spacial score (nSPS) is 17.8. The van der Waals surface area contributed by atoms with Crippen molar-refractivity contribution >= 4 is 10.9 Å². The van der Waals surface area contributed by atoms with Gasteiger partial charge in [-0.05, 0) is 55.1 Å². The maximum Gasteiger partial charge on any atom is 0.0489 e. The minimum absolute atomic E-state index is 0.665. The van der Waals surface area contributed by atoms with Crippen LogP contribution in [-0.4, -0.2) is 45.4 Å². The first-order valence-corrected chi connectivity index (χ1v) is 10.7. The van der Waals surface area contributed by atoms with E-state index in [1.165, 1.54) is 47.0 Å². The summed E-state index contributed by atoms with van der Waals surface area (Å²) in [6.45, 7) is 9.94. The Morgan fingerprint density at radius 2 is 2.07 bits per heavy atom. The van der Waals surface area contributed by atoms with Crippen LogP contribution in [0, 0.1) is 0 Å². The monoisotopic (exact) mass is 376 g/mol. The van der Waals surface area contributed by atoms with Crippen molar-refractivity contribution in [1.29, 1.82) is 0 Å². The van der Waals surface area contributed by atoms with E-state index < -0.39 is 0 Å². The number of likely N-dealkylation sites (tertiary alicyclic amines) is 1. The zero-order valence-electron chi connectivity index (χ0n) is 17.2. The first-order valence-electron chi connectivity index (χ1n) is 10.7. The van der Waals surface area contributed by atoms with Crippen LogP contribution in [0.3, 0.4) is 0 Å². The van der Waals surface area contributed by atoms with Crippen molar-refractivity contribution in [2.75, 3.05) is 19.6 Å². The molecule has 4 rings (SSSR count). The Balaban J connectivity index is 1.58. The highest BCUT2D eigenvalue weighted by molar-refractivity contribution is 5.86. The third-order valence-corrected chi connectivity index (χ3v) is 6.17. The molecule has 1 saturated heterocycles. The number of likely N-dealkylation sites (N-methyl/N-ethyl adjacent to an activating group) is 1. The number of aromatic nitrogens is 2. The number of fused-ring (bicyclic) bond motifs is 1. The summed E-state index contributed by atoms with van der Waals surface area (Å²) in [5.74, 6) is 0. The number of aryl methyl sites for hydroxylation is 1. The van der Waals surface area contributed by atoms with Crippen LogP contribution in [0.15, 0.2) is 48.9 Å². The molecule has 0 saturated carbocycles. The first-order chi connectivity index (χ1) is 13.8. The molecule has 4 heteroatoms. The molecule has 1 aliphatic heterocycles. The van der Waals surface area contributed by atoms with Crippen molar-refractivity contribution in [1.82, 2.24) is 19.8 Å². The molecule has 1 N–H and O–H groups in total. The van der Waals surface area contributed by atoms with E-state index in [1.807, 2.05) is 18.5 Å². The van der Waals surface area contributed by atoms with Gasteiger partial charge in [0.25, 0.3) is 0 Å². The largest absolute Gasteiger partial charge is 0.361 e. The van der Waals surface area contributed by atoms with Crippen molar-refractivity contribution in [3.05, 3.63) is 65.6 Å². The van der Waals surface area contributed by atoms with Crippen LogP contribution in [0.4, 0.5) is 0 Å². The minimum Gasteiger partial charge on any atom is -0.361 e. The van der Waals surface area contributed by atoms with E-state index in [0.29, 0.717) is 6.04 Å². The average Bonchev–Trinajstić information content (AvgIpc) is 3.35. The lowest BCUT2D eigenvalue weighted by Crippen LogP contribution is -2.39. The van der Waals surface area contributed by atoms with Gasteiger partial charge in [-0.3, -0.25) is 14.8 Å². The van der Waals surface area contributed by atoms with Crippen molar-refractivity contribution in [2.45, 2.75) is 52.2 Å². The van der Waals surface area contributed by atoms with Gasteiger partial charge in [-0.15, -0.1) is 0 Å². The lowest BCUT2D eigenvalue weighted by Gasteiger charge is -2.30. The number of hydrogen-bond acceptors (Lipinski definition) is 3. The van der Waals surface area contributed by atoms with E-state index in [4.69, 9.17) is 0 Å². The molecule has 3 aromatic rings.